The maximum absolute atomic E-state index is 14.3. The van der Waals surface area contributed by atoms with Crippen molar-refractivity contribution in [1.29, 1.82) is 0 Å². The number of sulfonamides is 1. The molecule has 6 aliphatic rings. The Morgan fingerprint density at radius 3 is 2.43 bits per heavy atom. The summed E-state index contributed by atoms with van der Waals surface area (Å²) in [4.78, 5) is 14.3. The van der Waals surface area contributed by atoms with Crippen LogP contribution in [-0.2, 0) is 22.6 Å². The van der Waals surface area contributed by atoms with Gasteiger partial charge in [-0.25, -0.2) is 8.42 Å². The van der Waals surface area contributed by atoms with Gasteiger partial charge < -0.3 is 10.2 Å². The molecular weight excluding hydrogens is 676 g/mol. The maximum atomic E-state index is 14.3. The molecule has 2 aromatic carbocycles. The number of fused-ring (bicyclic) bond motifs is 10. The molecule has 0 aliphatic heterocycles. The average Bonchev–Trinajstić information content (AvgIpc) is 3.31. The van der Waals surface area contributed by atoms with Crippen LogP contribution in [0.3, 0.4) is 0 Å². The number of allylic oxidation sites excluding steroid dienone is 2. The van der Waals surface area contributed by atoms with Gasteiger partial charge in [-0.2, -0.15) is 17.5 Å². The summed E-state index contributed by atoms with van der Waals surface area (Å²) in [6, 6.07) is 9.86. The zero-order valence-electron chi connectivity index (χ0n) is 30.6. The Labute approximate surface area is 301 Å². The summed E-state index contributed by atoms with van der Waals surface area (Å²) in [5, 5.41) is 23.7. The van der Waals surface area contributed by atoms with Gasteiger partial charge in [0.25, 0.3) is 0 Å². The lowest BCUT2D eigenvalue weighted by molar-refractivity contribution is -0.137. The molecule has 51 heavy (non-hydrogen) atoms. The minimum Gasteiger partial charge on any atom is -0.393 e. The number of alkyl halides is 3. The molecule has 280 valence electrons. The van der Waals surface area contributed by atoms with E-state index in [9.17, 15) is 36.6 Å². The van der Waals surface area contributed by atoms with E-state index < -0.39 is 44.7 Å². The van der Waals surface area contributed by atoms with Gasteiger partial charge in [0, 0.05) is 29.6 Å². The smallest absolute Gasteiger partial charge is 0.393 e. The first-order chi connectivity index (χ1) is 23.7. The van der Waals surface area contributed by atoms with E-state index in [-0.39, 0.29) is 41.3 Å². The third-order valence-corrected chi connectivity index (χ3v) is 14.9. The van der Waals surface area contributed by atoms with Gasteiger partial charge in [-0.1, -0.05) is 56.7 Å². The van der Waals surface area contributed by atoms with Gasteiger partial charge in [-0.15, -0.1) is 0 Å². The van der Waals surface area contributed by atoms with E-state index in [2.05, 4.69) is 19.9 Å². The first-order valence-electron chi connectivity index (χ1n) is 18.6. The summed E-state index contributed by atoms with van der Waals surface area (Å²) in [6.07, 6.45) is 4.57. The summed E-state index contributed by atoms with van der Waals surface area (Å²) >= 11 is 0. The maximum Gasteiger partial charge on any atom is 0.416 e. The Balaban J connectivity index is 1.41. The Morgan fingerprint density at radius 2 is 1.76 bits per heavy atom. The van der Waals surface area contributed by atoms with Crippen molar-refractivity contribution in [2.24, 2.45) is 28.6 Å². The number of ketones is 1. The summed E-state index contributed by atoms with van der Waals surface area (Å²) in [7, 11) is -3.69. The summed E-state index contributed by atoms with van der Waals surface area (Å²) < 4.78 is 69.6. The SMILES string of the molecule is CC1=CCCC2(C)C(CCC2(O)CN(CC2CCC3CC2C3(C)C)S(C)(=O)=O)c2ccc(cc2C(=O)c2cccc(C(F)(F)F)c2)CC(O)CC1. The first-order valence-corrected chi connectivity index (χ1v) is 20.4. The fourth-order valence-corrected chi connectivity index (χ4v) is 11.2. The molecule has 8 rings (SSSR count). The number of nitrogens with zero attached hydrogens (tertiary/aromatic N) is 1. The van der Waals surface area contributed by atoms with E-state index in [0.29, 0.717) is 68.0 Å². The van der Waals surface area contributed by atoms with Crippen LogP contribution in [0.15, 0.2) is 54.1 Å². The van der Waals surface area contributed by atoms with Crippen molar-refractivity contribution in [2.45, 2.75) is 116 Å². The number of hydrogen-bond acceptors (Lipinski definition) is 5. The van der Waals surface area contributed by atoms with Crippen molar-refractivity contribution < 1.29 is 36.6 Å². The molecule has 4 bridgehead atoms. The molecule has 7 unspecified atom stereocenters. The molecule has 10 heteroatoms. The molecule has 6 nitrogen and oxygen atoms in total. The highest BCUT2D eigenvalue weighted by Gasteiger charge is 2.59. The molecule has 2 aromatic rings. The predicted molar refractivity (Wildman–Crippen MR) is 193 cm³/mol. The quantitative estimate of drug-likeness (QED) is 0.221. The van der Waals surface area contributed by atoms with Crippen molar-refractivity contribution in [3.8, 4) is 0 Å². The number of aliphatic hydroxyl groups excluding tert-OH is 1. The zero-order valence-corrected chi connectivity index (χ0v) is 31.4. The molecule has 4 fully saturated rings. The Hall–Kier alpha value is -2.53. The van der Waals surface area contributed by atoms with Gasteiger partial charge in [-0.05, 0) is 130 Å². The minimum absolute atomic E-state index is 0.0597. The number of carbonyl (C=O) groups excluding carboxylic acids is 1. The second-order valence-corrected chi connectivity index (χ2v) is 19.1. The lowest BCUT2D eigenvalue weighted by atomic mass is 9.45. The average molecular weight is 730 g/mol. The van der Waals surface area contributed by atoms with Crippen LogP contribution in [0.25, 0.3) is 0 Å². The van der Waals surface area contributed by atoms with Crippen LogP contribution in [0.2, 0.25) is 0 Å². The molecule has 6 aliphatic carbocycles. The van der Waals surface area contributed by atoms with Gasteiger partial charge in [0.05, 0.1) is 23.5 Å². The van der Waals surface area contributed by atoms with Crippen LogP contribution in [0.4, 0.5) is 13.2 Å². The lowest BCUT2D eigenvalue weighted by Gasteiger charge is -2.60. The first kappa shape index (κ1) is 38.2. The van der Waals surface area contributed by atoms with E-state index in [1.165, 1.54) is 22.7 Å². The number of halogens is 3. The second-order valence-electron chi connectivity index (χ2n) is 17.1. The normalized spacial score (nSPS) is 32.5. The van der Waals surface area contributed by atoms with Crippen LogP contribution in [-0.4, -0.2) is 59.8 Å². The monoisotopic (exact) mass is 729 g/mol. The van der Waals surface area contributed by atoms with E-state index in [1.54, 1.807) is 6.07 Å². The van der Waals surface area contributed by atoms with E-state index >= 15 is 0 Å². The topological polar surface area (TPSA) is 94.9 Å². The molecule has 0 heterocycles. The van der Waals surface area contributed by atoms with Crippen molar-refractivity contribution in [3.63, 3.8) is 0 Å². The molecule has 2 N–H and O–H groups in total. The largest absolute Gasteiger partial charge is 0.416 e. The highest BCUT2D eigenvalue weighted by Crippen LogP contribution is 2.62. The number of benzene rings is 2. The molecule has 0 radical (unpaired) electrons. The third-order valence-electron chi connectivity index (χ3n) is 13.7. The van der Waals surface area contributed by atoms with Crippen molar-refractivity contribution >= 4 is 15.8 Å². The van der Waals surface area contributed by atoms with Crippen molar-refractivity contribution in [2.75, 3.05) is 19.3 Å². The van der Waals surface area contributed by atoms with Crippen molar-refractivity contribution in [3.05, 3.63) is 81.9 Å². The van der Waals surface area contributed by atoms with Gasteiger partial charge in [0.15, 0.2) is 5.78 Å². The molecule has 0 amide bonds. The molecule has 0 saturated heterocycles. The number of carbonyl (C=O) groups is 1. The molecule has 0 aromatic heterocycles. The van der Waals surface area contributed by atoms with Crippen LogP contribution in [0.1, 0.15) is 124 Å². The minimum atomic E-state index is -4.62. The van der Waals surface area contributed by atoms with Crippen molar-refractivity contribution in [1.82, 2.24) is 4.31 Å². The fourth-order valence-electron chi connectivity index (χ4n) is 10.2. The van der Waals surface area contributed by atoms with Gasteiger partial charge in [0.1, 0.15) is 0 Å². The summed E-state index contributed by atoms with van der Waals surface area (Å²) in [5.41, 5.74) is -0.426. The predicted octanol–water partition coefficient (Wildman–Crippen LogP) is 8.31. The molecule has 0 spiro atoms. The van der Waals surface area contributed by atoms with E-state index in [1.807, 2.05) is 26.0 Å². The standard InChI is InChI=1S/C41H54F3NO5S/c1-26-8-7-18-39(4)35(17-19-40(39,48)25-45(51(5,49)50)24-29-13-14-30-23-36(29)38(30,2)3)33-16-12-27(20-32(46)15-11-26)21-34(33)37(47)28-9-6-10-31(22-28)41(42,43)44/h6,8-10,12,16,21-22,29-30,32,35-36,46,48H,7,11,13-15,17-20,23-25H2,1-5H3. The summed E-state index contributed by atoms with van der Waals surface area (Å²) in [6.45, 7) is 8.90. The zero-order chi connectivity index (χ0) is 37.1. The lowest BCUT2D eigenvalue weighted by Crippen LogP contribution is -2.58. The van der Waals surface area contributed by atoms with Crippen LogP contribution >= 0.6 is 0 Å². The van der Waals surface area contributed by atoms with Crippen LogP contribution < -0.4 is 0 Å². The molecular formula is C41H54F3NO5S. The summed E-state index contributed by atoms with van der Waals surface area (Å²) in [5.74, 6) is 0.385. The number of aliphatic hydroxyl groups is 2. The number of hydrogen-bond donors (Lipinski definition) is 2. The Bertz CT molecular complexity index is 1790. The highest BCUT2D eigenvalue weighted by atomic mass is 32.2. The van der Waals surface area contributed by atoms with Crippen LogP contribution in [0.5, 0.6) is 0 Å². The molecule has 7 atom stereocenters. The second kappa shape index (κ2) is 13.7. The number of rotatable bonds is 7. The Kier molecular flexibility index (Phi) is 10.3. The van der Waals surface area contributed by atoms with Gasteiger partial charge >= 0.3 is 6.18 Å². The van der Waals surface area contributed by atoms with E-state index in [0.717, 1.165) is 37.0 Å². The fraction of sp³-hybridized carbons (Fsp3) is 0.634. The molecule has 4 saturated carbocycles. The van der Waals surface area contributed by atoms with E-state index in [4.69, 9.17) is 0 Å². The Morgan fingerprint density at radius 1 is 1.02 bits per heavy atom. The van der Waals surface area contributed by atoms with Gasteiger partial charge in [0.2, 0.25) is 10.0 Å². The third kappa shape index (κ3) is 7.36. The van der Waals surface area contributed by atoms with Crippen LogP contribution in [0, 0.1) is 28.6 Å². The van der Waals surface area contributed by atoms with Gasteiger partial charge in [-0.3, -0.25) is 4.79 Å². The highest BCUT2D eigenvalue weighted by molar-refractivity contribution is 7.88.